The van der Waals surface area contributed by atoms with Crippen molar-refractivity contribution in [1.82, 2.24) is 15.3 Å². The van der Waals surface area contributed by atoms with Crippen LogP contribution < -0.4 is 20.5 Å². The van der Waals surface area contributed by atoms with E-state index in [4.69, 9.17) is 4.74 Å². The first-order valence-electron chi connectivity index (χ1n) is 5.69. The number of aromatic amines is 1. The van der Waals surface area contributed by atoms with E-state index in [0.717, 1.165) is 6.42 Å². The number of carbonyl (C=O) groups is 1. The van der Waals surface area contributed by atoms with E-state index in [9.17, 15) is 9.59 Å². The molecular weight excluding hydrogens is 236 g/mol. The van der Waals surface area contributed by atoms with Crippen molar-refractivity contribution in [3.8, 4) is 5.75 Å². The van der Waals surface area contributed by atoms with Gasteiger partial charge in [-0.1, -0.05) is 6.92 Å². The highest BCUT2D eigenvalue weighted by Crippen LogP contribution is 2.18. The number of carbonyl (C=O) groups excluding carboxylic acids is 1. The molecule has 0 saturated carbocycles. The molecule has 1 rings (SSSR count). The van der Waals surface area contributed by atoms with Gasteiger partial charge in [-0.2, -0.15) is 0 Å². The van der Waals surface area contributed by atoms with Crippen LogP contribution in [0.15, 0.2) is 11.1 Å². The second-order valence-electron chi connectivity index (χ2n) is 3.79. The zero-order valence-electron chi connectivity index (χ0n) is 10.8. The summed E-state index contributed by atoms with van der Waals surface area (Å²) in [4.78, 5) is 31.0. The lowest BCUT2D eigenvalue weighted by atomic mass is 10.4. The fourth-order valence-electron chi connectivity index (χ4n) is 1.44. The van der Waals surface area contributed by atoms with Crippen LogP contribution in [-0.4, -0.2) is 43.1 Å². The van der Waals surface area contributed by atoms with Crippen LogP contribution in [0, 0.1) is 0 Å². The molecule has 1 aromatic rings. The summed E-state index contributed by atoms with van der Waals surface area (Å²) in [6.45, 7) is 2.73. The molecule has 2 N–H and O–H groups in total. The van der Waals surface area contributed by atoms with Crippen LogP contribution in [0.3, 0.4) is 0 Å². The van der Waals surface area contributed by atoms with Gasteiger partial charge in [0.2, 0.25) is 11.7 Å². The molecule has 18 heavy (non-hydrogen) atoms. The Morgan fingerprint density at radius 2 is 2.33 bits per heavy atom. The number of H-pyrrole nitrogens is 1. The summed E-state index contributed by atoms with van der Waals surface area (Å²) in [6.07, 6.45) is 2.16. The van der Waals surface area contributed by atoms with Crippen LogP contribution in [0.25, 0.3) is 0 Å². The van der Waals surface area contributed by atoms with Gasteiger partial charge < -0.3 is 19.9 Å². The molecule has 100 valence electrons. The molecule has 7 heteroatoms. The van der Waals surface area contributed by atoms with Gasteiger partial charge in [0.15, 0.2) is 5.82 Å². The van der Waals surface area contributed by atoms with E-state index in [2.05, 4.69) is 15.3 Å². The van der Waals surface area contributed by atoms with Crippen molar-refractivity contribution in [2.45, 2.75) is 13.3 Å². The monoisotopic (exact) mass is 254 g/mol. The number of likely N-dealkylation sites (N-methyl/N-ethyl adjacent to an activating group) is 1. The molecule has 0 bridgehead atoms. The van der Waals surface area contributed by atoms with Crippen LogP contribution in [0.4, 0.5) is 5.82 Å². The van der Waals surface area contributed by atoms with Crippen molar-refractivity contribution in [3.63, 3.8) is 0 Å². The SMILES string of the molecule is CCCNC(=O)CN(C)c1nc[nH]c(=O)c1OC. The van der Waals surface area contributed by atoms with E-state index in [1.165, 1.54) is 13.4 Å². The third-order valence-corrected chi connectivity index (χ3v) is 2.31. The molecule has 7 nitrogen and oxygen atoms in total. The minimum atomic E-state index is -0.372. The van der Waals surface area contributed by atoms with Crippen molar-refractivity contribution < 1.29 is 9.53 Å². The second-order valence-corrected chi connectivity index (χ2v) is 3.79. The first-order valence-corrected chi connectivity index (χ1v) is 5.69. The van der Waals surface area contributed by atoms with Crippen LogP contribution in [-0.2, 0) is 4.79 Å². The number of hydrogen-bond acceptors (Lipinski definition) is 5. The summed E-state index contributed by atoms with van der Waals surface area (Å²) in [7, 11) is 3.07. The van der Waals surface area contributed by atoms with Gasteiger partial charge in [-0.05, 0) is 6.42 Å². The van der Waals surface area contributed by atoms with E-state index in [1.54, 1.807) is 11.9 Å². The van der Waals surface area contributed by atoms with Gasteiger partial charge in [-0.15, -0.1) is 0 Å². The third-order valence-electron chi connectivity index (χ3n) is 2.31. The molecule has 0 unspecified atom stereocenters. The molecule has 0 aliphatic carbocycles. The highest BCUT2D eigenvalue weighted by molar-refractivity contribution is 5.81. The molecule has 0 aliphatic heterocycles. The highest BCUT2D eigenvalue weighted by atomic mass is 16.5. The molecule has 0 saturated heterocycles. The summed E-state index contributed by atoms with van der Waals surface area (Å²) >= 11 is 0. The molecule has 0 radical (unpaired) electrons. The maximum Gasteiger partial charge on any atom is 0.295 e. The smallest absolute Gasteiger partial charge is 0.295 e. The molecule has 0 atom stereocenters. The Morgan fingerprint density at radius 3 is 2.94 bits per heavy atom. The van der Waals surface area contributed by atoms with E-state index in [0.29, 0.717) is 12.4 Å². The molecule has 0 aromatic carbocycles. The fourth-order valence-corrected chi connectivity index (χ4v) is 1.44. The third kappa shape index (κ3) is 3.47. The van der Waals surface area contributed by atoms with Gasteiger partial charge in [-0.25, -0.2) is 4.98 Å². The summed E-state index contributed by atoms with van der Waals surface area (Å²) in [5, 5.41) is 2.75. The maximum absolute atomic E-state index is 11.6. The number of aromatic nitrogens is 2. The quantitative estimate of drug-likeness (QED) is 0.730. The van der Waals surface area contributed by atoms with Gasteiger partial charge in [0.05, 0.1) is 20.0 Å². The zero-order chi connectivity index (χ0) is 13.5. The van der Waals surface area contributed by atoms with Gasteiger partial charge in [-0.3, -0.25) is 9.59 Å². The van der Waals surface area contributed by atoms with Gasteiger partial charge in [0, 0.05) is 13.6 Å². The summed E-state index contributed by atoms with van der Waals surface area (Å²) < 4.78 is 4.98. The average molecular weight is 254 g/mol. The van der Waals surface area contributed by atoms with Crippen LogP contribution >= 0.6 is 0 Å². The topological polar surface area (TPSA) is 87.3 Å². The molecule has 0 spiro atoms. The lowest BCUT2D eigenvalue weighted by Crippen LogP contribution is -2.36. The van der Waals surface area contributed by atoms with E-state index < -0.39 is 0 Å². The number of rotatable bonds is 6. The van der Waals surface area contributed by atoms with E-state index in [-0.39, 0.29) is 23.8 Å². The average Bonchev–Trinajstić information content (AvgIpc) is 2.35. The highest BCUT2D eigenvalue weighted by Gasteiger charge is 2.15. The zero-order valence-corrected chi connectivity index (χ0v) is 10.8. The predicted molar refractivity (Wildman–Crippen MR) is 68.0 cm³/mol. The maximum atomic E-state index is 11.6. The lowest BCUT2D eigenvalue weighted by molar-refractivity contribution is -0.119. The largest absolute Gasteiger partial charge is 0.489 e. The van der Waals surface area contributed by atoms with E-state index in [1.807, 2.05) is 6.92 Å². The number of anilines is 1. The Morgan fingerprint density at radius 1 is 1.61 bits per heavy atom. The number of methoxy groups -OCH3 is 1. The molecule has 1 heterocycles. The first kappa shape index (κ1) is 14.0. The molecule has 0 fully saturated rings. The van der Waals surface area contributed by atoms with Crippen LogP contribution in [0.1, 0.15) is 13.3 Å². The van der Waals surface area contributed by atoms with Gasteiger partial charge >= 0.3 is 0 Å². The number of ether oxygens (including phenoxy) is 1. The molecule has 1 aromatic heterocycles. The minimum absolute atomic E-state index is 0.100. The number of hydrogen-bond donors (Lipinski definition) is 2. The standard InChI is InChI=1S/C11H18N4O3/c1-4-5-12-8(16)6-15(2)10-9(18-3)11(17)14-7-13-10/h7H,4-6H2,1-3H3,(H,12,16)(H,13,14,17). The second kappa shape index (κ2) is 6.63. The number of nitrogens with zero attached hydrogens (tertiary/aromatic N) is 2. The Balaban J connectivity index is 2.78. The molecular formula is C11H18N4O3. The van der Waals surface area contributed by atoms with E-state index >= 15 is 0 Å². The Hall–Kier alpha value is -2.05. The Labute approximate surface area is 105 Å². The van der Waals surface area contributed by atoms with Crippen molar-refractivity contribution in [2.75, 3.05) is 32.1 Å². The van der Waals surface area contributed by atoms with Crippen molar-refractivity contribution >= 4 is 11.7 Å². The van der Waals surface area contributed by atoms with Gasteiger partial charge in [0.1, 0.15) is 0 Å². The number of amides is 1. The lowest BCUT2D eigenvalue weighted by Gasteiger charge is -2.18. The first-order chi connectivity index (χ1) is 8.60. The Kier molecular flexibility index (Phi) is 5.16. The van der Waals surface area contributed by atoms with Crippen LogP contribution in [0.2, 0.25) is 0 Å². The Bertz CT molecular complexity index is 458. The van der Waals surface area contributed by atoms with Crippen LogP contribution in [0.5, 0.6) is 5.75 Å². The molecule has 0 aliphatic rings. The van der Waals surface area contributed by atoms with Crippen molar-refractivity contribution in [2.24, 2.45) is 0 Å². The minimum Gasteiger partial charge on any atom is -0.489 e. The molecule has 1 amide bonds. The summed E-state index contributed by atoms with van der Waals surface area (Å²) in [5.74, 6) is 0.319. The van der Waals surface area contributed by atoms with Crippen molar-refractivity contribution in [1.29, 1.82) is 0 Å². The number of nitrogens with one attached hydrogen (secondary N) is 2. The summed E-state index contributed by atoms with van der Waals surface area (Å²) in [5.41, 5.74) is -0.372. The summed E-state index contributed by atoms with van der Waals surface area (Å²) in [6, 6.07) is 0. The predicted octanol–water partition coefficient (Wildman–Crippen LogP) is -0.259. The normalized spacial score (nSPS) is 9.94. The van der Waals surface area contributed by atoms with Gasteiger partial charge in [0.25, 0.3) is 5.56 Å². The van der Waals surface area contributed by atoms with Crippen molar-refractivity contribution in [3.05, 3.63) is 16.7 Å². The fraction of sp³-hybridized carbons (Fsp3) is 0.545.